The average Bonchev–Trinajstić information content (AvgIpc) is 2.69. The maximum Gasteiger partial charge on any atom is 0.303 e. The Morgan fingerprint density at radius 2 is 1.57 bits per heavy atom. The predicted octanol–water partition coefficient (Wildman–Crippen LogP) is 3.15. The number of rotatable bonds is 10. The molecule has 1 atom stereocenters. The van der Waals surface area contributed by atoms with Gasteiger partial charge in [-0.2, -0.15) is 0 Å². The second kappa shape index (κ2) is 10.9. The number of aliphatic carboxylic acids is 1. The molecule has 0 heterocycles. The van der Waals surface area contributed by atoms with E-state index >= 15 is 0 Å². The number of nitrogens with one attached hydrogen (secondary N) is 1. The molecule has 28 heavy (non-hydrogen) atoms. The Balaban J connectivity index is 1.94. The molecule has 0 aliphatic heterocycles. The van der Waals surface area contributed by atoms with Crippen LogP contribution in [0.25, 0.3) is 0 Å². The largest absolute Gasteiger partial charge is 0.481 e. The van der Waals surface area contributed by atoms with Crippen LogP contribution >= 0.6 is 0 Å². The van der Waals surface area contributed by atoms with Gasteiger partial charge in [-0.05, 0) is 17.5 Å². The number of nitrogens with zero attached hydrogens (tertiary/aromatic N) is 1. The van der Waals surface area contributed by atoms with Gasteiger partial charge in [0.2, 0.25) is 11.8 Å². The molecule has 0 aromatic heterocycles. The van der Waals surface area contributed by atoms with Gasteiger partial charge in [0.25, 0.3) is 0 Å². The van der Waals surface area contributed by atoms with Gasteiger partial charge in [-0.1, -0.05) is 60.7 Å². The first-order chi connectivity index (χ1) is 13.5. The molecule has 0 spiro atoms. The van der Waals surface area contributed by atoms with Gasteiger partial charge in [0, 0.05) is 32.9 Å². The molecule has 148 valence electrons. The van der Waals surface area contributed by atoms with E-state index in [1.165, 1.54) is 6.92 Å². The SMILES string of the molecule is CC(=O)N(CCC(=O)NC(CCC(=O)O)c1ccccc1)Cc1ccccc1. The third-order valence-corrected chi connectivity index (χ3v) is 4.45. The smallest absolute Gasteiger partial charge is 0.303 e. The molecule has 2 rings (SSSR count). The quantitative estimate of drug-likeness (QED) is 0.661. The van der Waals surface area contributed by atoms with Crippen LogP contribution in [-0.4, -0.2) is 34.3 Å². The third kappa shape index (κ3) is 7.23. The van der Waals surface area contributed by atoms with E-state index < -0.39 is 5.97 Å². The zero-order valence-corrected chi connectivity index (χ0v) is 16.0. The molecule has 0 aliphatic carbocycles. The molecule has 0 saturated carbocycles. The number of benzene rings is 2. The lowest BCUT2D eigenvalue weighted by atomic mass is 10.0. The van der Waals surface area contributed by atoms with Crippen molar-refractivity contribution >= 4 is 17.8 Å². The second-order valence-electron chi connectivity index (χ2n) is 6.64. The van der Waals surface area contributed by atoms with Crippen molar-refractivity contribution in [3.05, 3.63) is 71.8 Å². The molecule has 2 amide bonds. The Morgan fingerprint density at radius 3 is 2.14 bits per heavy atom. The minimum absolute atomic E-state index is 0.0343. The normalized spacial score (nSPS) is 11.5. The summed E-state index contributed by atoms with van der Waals surface area (Å²) in [6.45, 7) is 2.24. The van der Waals surface area contributed by atoms with E-state index in [9.17, 15) is 14.4 Å². The van der Waals surface area contributed by atoms with E-state index in [1.54, 1.807) is 4.90 Å². The van der Waals surface area contributed by atoms with Gasteiger partial charge in [0.05, 0.1) is 6.04 Å². The Kier molecular flexibility index (Phi) is 8.21. The Labute approximate surface area is 165 Å². The maximum atomic E-state index is 12.5. The minimum atomic E-state index is -0.902. The summed E-state index contributed by atoms with van der Waals surface area (Å²) in [6, 6.07) is 18.5. The van der Waals surface area contributed by atoms with Gasteiger partial charge in [-0.15, -0.1) is 0 Å². The van der Waals surface area contributed by atoms with Crippen molar-refractivity contribution in [2.24, 2.45) is 0 Å². The van der Waals surface area contributed by atoms with Crippen LogP contribution < -0.4 is 5.32 Å². The summed E-state index contributed by atoms with van der Waals surface area (Å²) in [7, 11) is 0. The Bertz CT molecular complexity index is 778. The monoisotopic (exact) mass is 382 g/mol. The molecule has 2 N–H and O–H groups in total. The second-order valence-corrected chi connectivity index (χ2v) is 6.64. The average molecular weight is 382 g/mol. The molecule has 0 bridgehead atoms. The topological polar surface area (TPSA) is 86.7 Å². The van der Waals surface area contributed by atoms with Crippen molar-refractivity contribution in [2.45, 2.75) is 38.8 Å². The molecule has 1 unspecified atom stereocenters. The van der Waals surface area contributed by atoms with E-state index in [4.69, 9.17) is 5.11 Å². The highest BCUT2D eigenvalue weighted by Crippen LogP contribution is 2.18. The summed E-state index contributed by atoms with van der Waals surface area (Å²) < 4.78 is 0. The first-order valence-corrected chi connectivity index (χ1v) is 9.31. The summed E-state index contributed by atoms with van der Waals surface area (Å²) in [5, 5.41) is 11.9. The van der Waals surface area contributed by atoms with Crippen LogP contribution in [-0.2, 0) is 20.9 Å². The van der Waals surface area contributed by atoms with Crippen LogP contribution in [0.5, 0.6) is 0 Å². The molecule has 0 aliphatic rings. The molecule has 2 aromatic carbocycles. The molecule has 0 fully saturated rings. The van der Waals surface area contributed by atoms with Crippen LogP contribution in [0.2, 0.25) is 0 Å². The first kappa shape index (κ1) is 21.2. The highest BCUT2D eigenvalue weighted by Gasteiger charge is 2.17. The van der Waals surface area contributed by atoms with E-state index in [0.29, 0.717) is 19.5 Å². The number of carbonyl (C=O) groups excluding carboxylic acids is 2. The number of hydrogen-bond acceptors (Lipinski definition) is 3. The third-order valence-electron chi connectivity index (χ3n) is 4.45. The van der Waals surface area contributed by atoms with E-state index in [2.05, 4.69) is 5.32 Å². The van der Waals surface area contributed by atoms with E-state index in [1.807, 2.05) is 60.7 Å². The lowest BCUT2D eigenvalue weighted by Crippen LogP contribution is -2.35. The summed E-state index contributed by atoms with van der Waals surface area (Å²) in [5.74, 6) is -1.21. The van der Waals surface area contributed by atoms with Gasteiger partial charge < -0.3 is 15.3 Å². The van der Waals surface area contributed by atoms with Gasteiger partial charge in [-0.3, -0.25) is 14.4 Å². The Morgan fingerprint density at radius 1 is 0.964 bits per heavy atom. The van der Waals surface area contributed by atoms with Gasteiger partial charge in [-0.25, -0.2) is 0 Å². The lowest BCUT2D eigenvalue weighted by Gasteiger charge is -2.23. The number of carboxylic acids is 1. The number of carboxylic acid groups (broad SMARTS) is 1. The predicted molar refractivity (Wildman–Crippen MR) is 106 cm³/mol. The molecule has 0 saturated heterocycles. The fraction of sp³-hybridized carbons (Fsp3) is 0.318. The molecule has 0 radical (unpaired) electrons. The lowest BCUT2D eigenvalue weighted by molar-refractivity contribution is -0.137. The Hall–Kier alpha value is -3.15. The van der Waals surface area contributed by atoms with Crippen LogP contribution in [0, 0.1) is 0 Å². The van der Waals surface area contributed by atoms with Crippen molar-refractivity contribution in [3.63, 3.8) is 0 Å². The molecule has 2 aromatic rings. The van der Waals surface area contributed by atoms with Crippen molar-refractivity contribution in [1.29, 1.82) is 0 Å². The fourth-order valence-electron chi connectivity index (χ4n) is 2.93. The summed E-state index contributed by atoms with van der Waals surface area (Å²) >= 11 is 0. The van der Waals surface area contributed by atoms with Crippen molar-refractivity contribution in [2.75, 3.05) is 6.54 Å². The number of amides is 2. The summed E-state index contributed by atoms with van der Waals surface area (Å²) in [6.07, 6.45) is 0.432. The zero-order valence-electron chi connectivity index (χ0n) is 16.0. The minimum Gasteiger partial charge on any atom is -0.481 e. The van der Waals surface area contributed by atoms with E-state index in [0.717, 1.165) is 11.1 Å². The molecular formula is C22H26N2O4. The van der Waals surface area contributed by atoms with Gasteiger partial charge >= 0.3 is 5.97 Å². The van der Waals surface area contributed by atoms with E-state index in [-0.39, 0.29) is 30.7 Å². The van der Waals surface area contributed by atoms with Crippen molar-refractivity contribution in [1.82, 2.24) is 10.2 Å². The van der Waals surface area contributed by atoms with Crippen LogP contribution in [0.4, 0.5) is 0 Å². The van der Waals surface area contributed by atoms with Gasteiger partial charge in [0.15, 0.2) is 0 Å². The highest BCUT2D eigenvalue weighted by molar-refractivity contribution is 5.78. The van der Waals surface area contributed by atoms with Crippen LogP contribution in [0.3, 0.4) is 0 Å². The number of hydrogen-bond donors (Lipinski definition) is 2. The zero-order chi connectivity index (χ0) is 20.4. The number of carbonyl (C=O) groups is 3. The first-order valence-electron chi connectivity index (χ1n) is 9.31. The summed E-state index contributed by atoms with van der Waals surface area (Å²) in [5.41, 5.74) is 1.87. The molecule has 6 nitrogen and oxygen atoms in total. The van der Waals surface area contributed by atoms with Gasteiger partial charge in [0.1, 0.15) is 0 Å². The molecular weight excluding hydrogens is 356 g/mol. The fourth-order valence-corrected chi connectivity index (χ4v) is 2.93. The highest BCUT2D eigenvalue weighted by atomic mass is 16.4. The molecule has 6 heteroatoms. The summed E-state index contributed by atoms with van der Waals surface area (Å²) in [4.78, 5) is 36.9. The van der Waals surface area contributed by atoms with Crippen LogP contribution in [0.15, 0.2) is 60.7 Å². The standard InChI is InChI=1S/C22H26N2O4/c1-17(25)24(16-18-8-4-2-5-9-18)15-14-21(26)23-20(12-13-22(27)28)19-10-6-3-7-11-19/h2-11,20H,12-16H2,1H3,(H,23,26)(H,27,28). The van der Waals surface area contributed by atoms with Crippen molar-refractivity contribution in [3.8, 4) is 0 Å². The maximum absolute atomic E-state index is 12.5. The van der Waals surface area contributed by atoms with Crippen molar-refractivity contribution < 1.29 is 19.5 Å². The van der Waals surface area contributed by atoms with Crippen LogP contribution in [0.1, 0.15) is 43.4 Å².